The smallest absolute Gasteiger partial charge is 0.254 e. The number of amides is 2. The lowest BCUT2D eigenvalue weighted by Gasteiger charge is -2.26. The number of pyridine rings is 1. The molecule has 1 aromatic carbocycles. The van der Waals surface area contributed by atoms with Crippen LogP contribution >= 0.6 is 0 Å². The maximum absolute atomic E-state index is 13.8. The normalized spacial score (nSPS) is 21.4. The van der Waals surface area contributed by atoms with Crippen molar-refractivity contribution in [2.24, 2.45) is 0 Å². The molecular formula is C18H20FN3O3. The number of fused-ring (bicyclic) bond motifs is 1. The minimum atomic E-state index is -1.07. The summed E-state index contributed by atoms with van der Waals surface area (Å²) in [5.41, 5.74) is -0.0493. The van der Waals surface area contributed by atoms with Gasteiger partial charge in [0.05, 0.1) is 16.6 Å². The maximum atomic E-state index is 13.8. The Kier molecular flexibility index (Phi) is 4.43. The van der Waals surface area contributed by atoms with Gasteiger partial charge in [-0.05, 0) is 38.5 Å². The third-order valence-corrected chi connectivity index (χ3v) is 4.47. The first kappa shape index (κ1) is 17.3. The van der Waals surface area contributed by atoms with E-state index in [9.17, 15) is 19.1 Å². The van der Waals surface area contributed by atoms with Gasteiger partial charge in [-0.3, -0.25) is 14.6 Å². The van der Waals surface area contributed by atoms with E-state index >= 15 is 0 Å². The van der Waals surface area contributed by atoms with Crippen LogP contribution in [0.25, 0.3) is 10.9 Å². The van der Waals surface area contributed by atoms with Gasteiger partial charge in [0.25, 0.3) is 11.8 Å². The molecule has 0 saturated carbocycles. The third-order valence-electron chi connectivity index (χ3n) is 4.47. The zero-order chi connectivity index (χ0) is 18.2. The van der Waals surface area contributed by atoms with Gasteiger partial charge in [-0.1, -0.05) is 6.07 Å². The van der Waals surface area contributed by atoms with Gasteiger partial charge in [0.2, 0.25) is 0 Å². The number of hydrogen-bond donors (Lipinski definition) is 2. The highest BCUT2D eigenvalue weighted by Crippen LogP contribution is 2.24. The lowest BCUT2D eigenvalue weighted by Crippen LogP contribution is -2.49. The van der Waals surface area contributed by atoms with E-state index in [0.29, 0.717) is 30.4 Å². The summed E-state index contributed by atoms with van der Waals surface area (Å²) in [5, 5.41) is 12.9. The molecule has 2 heterocycles. The highest BCUT2D eigenvalue weighted by molar-refractivity contribution is 6.05. The predicted molar refractivity (Wildman–Crippen MR) is 90.5 cm³/mol. The van der Waals surface area contributed by atoms with Gasteiger partial charge in [-0.25, -0.2) is 4.39 Å². The molecule has 2 N–H and O–H groups in total. The number of halogens is 1. The zero-order valence-corrected chi connectivity index (χ0v) is 14.1. The summed E-state index contributed by atoms with van der Waals surface area (Å²) in [6.07, 6.45) is 1.03. The van der Waals surface area contributed by atoms with Gasteiger partial charge in [0, 0.05) is 24.7 Å². The van der Waals surface area contributed by atoms with Crippen molar-refractivity contribution in [1.29, 1.82) is 0 Å². The van der Waals surface area contributed by atoms with Crippen LogP contribution in [-0.4, -0.2) is 51.5 Å². The Bertz CT molecular complexity index is 839. The topological polar surface area (TPSA) is 82.5 Å². The average molecular weight is 345 g/mol. The molecule has 3 rings (SSSR count). The number of hydrogen-bond acceptors (Lipinski definition) is 4. The standard InChI is InChI=1S/C18H20FN3O3/c1-11(23)17(25)22-7-5-18(2,10-22)21-16(24)14-9-13(19)8-12-4-3-6-20-15(12)14/h3-4,6,8-9,11,23H,5,7,10H2,1-2H3,(H,21,24). The highest BCUT2D eigenvalue weighted by Gasteiger charge is 2.38. The molecule has 1 aliphatic rings. The second kappa shape index (κ2) is 6.40. The molecule has 0 spiro atoms. The van der Waals surface area contributed by atoms with Crippen LogP contribution in [0, 0.1) is 5.82 Å². The number of carbonyl (C=O) groups excluding carboxylic acids is 2. The van der Waals surface area contributed by atoms with E-state index in [1.807, 2.05) is 6.92 Å². The summed E-state index contributed by atoms with van der Waals surface area (Å²) >= 11 is 0. The Labute approximate surface area is 144 Å². The number of carbonyl (C=O) groups is 2. The van der Waals surface area contributed by atoms with Gasteiger partial charge >= 0.3 is 0 Å². The SMILES string of the molecule is CC(O)C(=O)N1CCC(C)(NC(=O)c2cc(F)cc3cccnc23)C1. The number of nitrogens with one attached hydrogen (secondary N) is 1. The van der Waals surface area contributed by atoms with Gasteiger partial charge in [-0.15, -0.1) is 0 Å². The van der Waals surface area contributed by atoms with Crippen LogP contribution < -0.4 is 5.32 Å². The van der Waals surface area contributed by atoms with Crippen LogP contribution in [0.4, 0.5) is 4.39 Å². The monoisotopic (exact) mass is 345 g/mol. The minimum Gasteiger partial charge on any atom is -0.384 e. The van der Waals surface area contributed by atoms with E-state index in [0.717, 1.165) is 0 Å². The summed E-state index contributed by atoms with van der Waals surface area (Å²) in [6, 6.07) is 5.88. The third kappa shape index (κ3) is 3.46. The number of nitrogens with zero attached hydrogens (tertiary/aromatic N) is 2. The molecule has 2 unspecified atom stereocenters. The minimum absolute atomic E-state index is 0.164. The van der Waals surface area contributed by atoms with E-state index in [2.05, 4.69) is 10.3 Å². The number of rotatable bonds is 3. The second-order valence-corrected chi connectivity index (χ2v) is 6.73. The van der Waals surface area contributed by atoms with Crippen LogP contribution in [0.15, 0.2) is 30.5 Å². The Morgan fingerprint density at radius 3 is 2.92 bits per heavy atom. The van der Waals surface area contributed by atoms with Crippen molar-refractivity contribution in [3.05, 3.63) is 41.8 Å². The predicted octanol–water partition coefficient (Wildman–Crippen LogP) is 1.48. The lowest BCUT2D eigenvalue weighted by atomic mass is 10.00. The van der Waals surface area contributed by atoms with Crippen molar-refractivity contribution in [3.63, 3.8) is 0 Å². The van der Waals surface area contributed by atoms with Crippen LogP contribution in [0.3, 0.4) is 0 Å². The summed E-state index contributed by atoms with van der Waals surface area (Å²) in [5.74, 6) is -1.30. The quantitative estimate of drug-likeness (QED) is 0.883. The van der Waals surface area contributed by atoms with Gasteiger partial charge in [0.1, 0.15) is 11.9 Å². The number of aliphatic hydroxyl groups is 1. The van der Waals surface area contributed by atoms with Gasteiger partial charge in [0.15, 0.2) is 0 Å². The summed E-state index contributed by atoms with van der Waals surface area (Å²) in [6.45, 7) is 3.99. The summed E-state index contributed by atoms with van der Waals surface area (Å²) in [4.78, 5) is 30.3. The number of aromatic nitrogens is 1. The van der Waals surface area contributed by atoms with Crippen molar-refractivity contribution < 1.29 is 19.1 Å². The molecule has 132 valence electrons. The molecule has 1 aliphatic heterocycles. The zero-order valence-electron chi connectivity index (χ0n) is 14.1. The van der Waals surface area contributed by atoms with Crippen molar-refractivity contribution in [1.82, 2.24) is 15.2 Å². The van der Waals surface area contributed by atoms with E-state index in [-0.39, 0.29) is 11.5 Å². The molecule has 0 aliphatic carbocycles. The van der Waals surface area contributed by atoms with E-state index in [1.54, 1.807) is 18.3 Å². The first-order valence-corrected chi connectivity index (χ1v) is 8.13. The fourth-order valence-corrected chi connectivity index (χ4v) is 3.19. The molecule has 1 aromatic heterocycles. The molecule has 6 nitrogen and oxygen atoms in total. The van der Waals surface area contributed by atoms with Crippen molar-refractivity contribution in [2.45, 2.75) is 31.9 Å². The number of aliphatic hydroxyl groups excluding tert-OH is 1. The van der Waals surface area contributed by atoms with Crippen LogP contribution in [0.5, 0.6) is 0 Å². The lowest BCUT2D eigenvalue weighted by molar-refractivity contribution is -0.138. The largest absolute Gasteiger partial charge is 0.384 e. The van der Waals surface area contributed by atoms with Crippen LogP contribution in [-0.2, 0) is 4.79 Å². The summed E-state index contributed by atoms with van der Waals surface area (Å²) < 4.78 is 13.8. The first-order valence-electron chi connectivity index (χ1n) is 8.13. The second-order valence-electron chi connectivity index (χ2n) is 6.73. The molecular weight excluding hydrogens is 325 g/mol. The van der Waals surface area contributed by atoms with E-state index < -0.39 is 23.4 Å². The molecule has 25 heavy (non-hydrogen) atoms. The van der Waals surface area contributed by atoms with Crippen molar-refractivity contribution >= 4 is 22.7 Å². The molecule has 0 radical (unpaired) electrons. The number of benzene rings is 1. The average Bonchev–Trinajstić information content (AvgIpc) is 2.94. The van der Waals surface area contributed by atoms with E-state index in [4.69, 9.17) is 0 Å². The molecule has 2 amide bonds. The molecule has 2 atom stereocenters. The Balaban J connectivity index is 1.82. The van der Waals surface area contributed by atoms with Gasteiger partial charge in [-0.2, -0.15) is 0 Å². The summed E-state index contributed by atoms with van der Waals surface area (Å²) in [7, 11) is 0. The van der Waals surface area contributed by atoms with Crippen molar-refractivity contribution in [3.8, 4) is 0 Å². The highest BCUT2D eigenvalue weighted by atomic mass is 19.1. The molecule has 0 bridgehead atoms. The fourth-order valence-electron chi connectivity index (χ4n) is 3.19. The molecule has 1 saturated heterocycles. The Morgan fingerprint density at radius 2 is 2.20 bits per heavy atom. The Hall–Kier alpha value is -2.54. The molecule has 7 heteroatoms. The van der Waals surface area contributed by atoms with E-state index in [1.165, 1.54) is 24.0 Å². The fraction of sp³-hybridized carbons (Fsp3) is 0.389. The molecule has 1 fully saturated rings. The van der Waals surface area contributed by atoms with Gasteiger partial charge < -0.3 is 15.3 Å². The first-order chi connectivity index (χ1) is 11.8. The maximum Gasteiger partial charge on any atom is 0.254 e. The molecule has 2 aromatic rings. The van der Waals surface area contributed by atoms with Crippen LogP contribution in [0.1, 0.15) is 30.6 Å². The van der Waals surface area contributed by atoms with Crippen LogP contribution in [0.2, 0.25) is 0 Å². The number of likely N-dealkylation sites (tertiary alicyclic amines) is 1. The van der Waals surface area contributed by atoms with Crippen molar-refractivity contribution in [2.75, 3.05) is 13.1 Å². The Morgan fingerprint density at radius 1 is 1.44 bits per heavy atom.